The SMILES string of the molecule is Nc1cc(=O)[nH]c(=O)n1[C@@H]1O[C@@H]2COP(=O)(O)O[C@H]2[C@H]1O. The van der Waals surface area contributed by atoms with Gasteiger partial charge in [-0.15, -0.1) is 0 Å². The van der Waals surface area contributed by atoms with Gasteiger partial charge in [0.1, 0.15) is 24.1 Å². The first-order valence-corrected chi connectivity index (χ1v) is 7.39. The van der Waals surface area contributed by atoms with E-state index in [1.54, 1.807) is 0 Å². The summed E-state index contributed by atoms with van der Waals surface area (Å²) in [5.41, 5.74) is 4.01. The normalized spacial score (nSPS) is 39.1. The molecule has 2 aliphatic rings. The van der Waals surface area contributed by atoms with Gasteiger partial charge in [0, 0.05) is 6.07 Å². The number of aromatic amines is 1. The van der Waals surface area contributed by atoms with E-state index in [1.165, 1.54) is 0 Å². The number of fused-ring (bicyclic) bond motifs is 1. The number of nitrogens with zero attached hydrogens (tertiary/aromatic N) is 1. The number of ether oxygens (including phenoxy) is 1. The summed E-state index contributed by atoms with van der Waals surface area (Å²) in [7, 11) is -4.26. The number of H-pyrrole nitrogens is 1. The van der Waals surface area contributed by atoms with E-state index in [9.17, 15) is 24.2 Å². The average molecular weight is 321 g/mol. The number of hydrogen-bond donors (Lipinski definition) is 4. The first-order valence-electron chi connectivity index (χ1n) is 5.89. The lowest BCUT2D eigenvalue weighted by molar-refractivity contribution is -0.0679. The van der Waals surface area contributed by atoms with E-state index < -0.39 is 43.6 Å². The van der Waals surface area contributed by atoms with Crippen molar-refractivity contribution in [2.45, 2.75) is 24.5 Å². The topological polar surface area (TPSA) is 166 Å². The van der Waals surface area contributed by atoms with Crippen LogP contribution in [0.25, 0.3) is 0 Å². The summed E-state index contributed by atoms with van der Waals surface area (Å²) >= 11 is 0. The third-order valence-electron chi connectivity index (χ3n) is 3.23. The lowest BCUT2D eigenvalue weighted by Gasteiger charge is -2.27. The molecule has 2 saturated heterocycles. The second-order valence-electron chi connectivity index (χ2n) is 4.62. The number of nitrogens with two attached hydrogens (primary N) is 1. The maximum atomic E-state index is 11.8. The Kier molecular flexibility index (Phi) is 3.28. The largest absolute Gasteiger partial charge is 0.472 e. The predicted octanol–water partition coefficient (Wildman–Crippen LogP) is -2.11. The molecule has 0 aliphatic carbocycles. The molecule has 1 aromatic heterocycles. The fraction of sp³-hybridized carbons (Fsp3) is 0.556. The smallest absolute Gasteiger partial charge is 0.386 e. The molecular formula is C9H12N3O8P. The molecule has 0 saturated carbocycles. The second kappa shape index (κ2) is 4.77. The van der Waals surface area contributed by atoms with E-state index in [-0.39, 0.29) is 12.4 Å². The van der Waals surface area contributed by atoms with Crippen LogP contribution in [0, 0.1) is 0 Å². The predicted molar refractivity (Wildman–Crippen MR) is 66.3 cm³/mol. The molecule has 0 aromatic carbocycles. The highest BCUT2D eigenvalue weighted by atomic mass is 31.2. The standard InChI is InChI=1S/C9H12N3O8P/c10-4-1-5(13)11-9(15)12(4)8-6(14)7-3(19-8)2-18-21(16,17)20-7/h1,3,6-8,14H,2,10H2,(H,16,17)(H,11,13,15)/t3-,6-,7-,8-/m1/s1. The van der Waals surface area contributed by atoms with E-state index in [2.05, 4.69) is 4.52 Å². The van der Waals surface area contributed by atoms with Gasteiger partial charge in [-0.25, -0.2) is 9.36 Å². The number of phosphoric ester groups is 1. The Morgan fingerprint density at radius 2 is 2.19 bits per heavy atom. The molecule has 0 amide bonds. The first kappa shape index (κ1) is 14.4. The number of nitrogen functional groups attached to an aromatic ring is 1. The van der Waals surface area contributed by atoms with E-state index in [4.69, 9.17) is 15.0 Å². The highest BCUT2D eigenvalue weighted by molar-refractivity contribution is 7.47. The van der Waals surface area contributed by atoms with Gasteiger partial charge in [0.15, 0.2) is 6.23 Å². The van der Waals surface area contributed by atoms with Crippen LogP contribution in [-0.4, -0.2) is 44.5 Å². The first-order chi connectivity index (χ1) is 9.78. The van der Waals surface area contributed by atoms with Crippen LogP contribution in [0.1, 0.15) is 6.23 Å². The molecule has 5 atom stereocenters. The number of hydrogen-bond acceptors (Lipinski definition) is 8. The minimum absolute atomic E-state index is 0.223. The van der Waals surface area contributed by atoms with E-state index in [1.807, 2.05) is 4.98 Å². The highest BCUT2D eigenvalue weighted by Crippen LogP contribution is 2.52. The van der Waals surface area contributed by atoms with Crippen molar-refractivity contribution in [3.8, 4) is 0 Å². The molecule has 12 heteroatoms. The van der Waals surface area contributed by atoms with E-state index in [0.717, 1.165) is 10.6 Å². The monoisotopic (exact) mass is 321 g/mol. The fourth-order valence-corrected chi connectivity index (χ4v) is 3.30. The summed E-state index contributed by atoms with van der Waals surface area (Å²) in [6.07, 6.45) is -4.72. The van der Waals surface area contributed by atoms with Crippen LogP contribution < -0.4 is 17.0 Å². The summed E-state index contributed by atoms with van der Waals surface area (Å²) < 4.78 is 26.9. The van der Waals surface area contributed by atoms with Crippen LogP contribution >= 0.6 is 7.82 Å². The van der Waals surface area contributed by atoms with Gasteiger partial charge in [-0.3, -0.25) is 23.4 Å². The molecule has 1 aromatic rings. The number of nitrogens with one attached hydrogen (secondary N) is 1. The molecule has 0 radical (unpaired) electrons. The maximum absolute atomic E-state index is 11.8. The van der Waals surface area contributed by atoms with Gasteiger partial charge in [-0.2, -0.15) is 0 Å². The Morgan fingerprint density at radius 3 is 2.86 bits per heavy atom. The van der Waals surface area contributed by atoms with E-state index >= 15 is 0 Å². The van der Waals surface area contributed by atoms with E-state index in [0.29, 0.717) is 0 Å². The molecule has 3 heterocycles. The molecule has 2 aliphatic heterocycles. The van der Waals surface area contributed by atoms with Crippen molar-refractivity contribution < 1.29 is 28.3 Å². The number of aliphatic hydroxyl groups excluding tert-OH is 1. The zero-order valence-electron chi connectivity index (χ0n) is 10.4. The zero-order valence-corrected chi connectivity index (χ0v) is 11.3. The van der Waals surface area contributed by atoms with Crippen molar-refractivity contribution in [3.63, 3.8) is 0 Å². The third kappa shape index (κ3) is 2.44. The lowest BCUT2D eigenvalue weighted by atomic mass is 10.1. The summed E-state index contributed by atoms with van der Waals surface area (Å²) in [4.78, 5) is 34.1. The van der Waals surface area contributed by atoms with Crippen molar-refractivity contribution in [1.82, 2.24) is 9.55 Å². The van der Waals surface area contributed by atoms with Gasteiger partial charge in [0.2, 0.25) is 0 Å². The minimum Gasteiger partial charge on any atom is -0.386 e. The van der Waals surface area contributed by atoms with Gasteiger partial charge >= 0.3 is 13.5 Å². The lowest BCUT2D eigenvalue weighted by Crippen LogP contribution is -2.41. The van der Waals surface area contributed by atoms with Crippen molar-refractivity contribution >= 4 is 13.6 Å². The second-order valence-corrected chi connectivity index (χ2v) is 6.03. The zero-order chi connectivity index (χ0) is 15.4. The fourth-order valence-electron chi connectivity index (χ4n) is 2.33. The Hall–Kier alpha value is -1.49. The molecule has 2 fully saturated rings. The van der Waals surface area contributed by atoms with Crippen LogP contribution in [0.4, 0.5) is 5.82 Å². The number of aromatic nitrogens is 2. The average Bonchev–Trinajstić information content (AvgIpc) is 2.65. The van der Waals surface area contributed by atoms with Crippen molar-refractivity contribution in [1.29, 1.82) is 0 Å². The Balaban J connectivity index is 1.98. The minimum atomic E-state index is -4.26. The van der Waals surface area contributed by atoms with Gasteiger partial charge in [0.25, 0.3) is 5.56 Å². The highest BCUT2D eigenvalue weighted by Gasteiger charge is 2.52. The molecule has 11 nitrogen and oxygen atoms in total. The Morgan fingerprint density at radius 1 is 1.48 bits per heavy atom. The summed E-state index contributed by atoms with van der Waals surface area (Å²) in [6, 6.07) is 0.952. The summed E-state index contributed by atoms with van der Waals surface area (Å²) in [6.45, 7) is -0.288. The van der Waals surface area contributed by atoms with Gasteiger partial charge in [-0.05, 0) is 0 Å². The summed E-state index contributed by atoms with van der Waals surface area (Å²) in [5.74, 6) is -0.223. The molecule has 5 N–H and O–H groups in total. The van der Waals surface area contributed by atoms with Gasteiger partial charge < -0.3 is 20.5 Å². The Labute approximate surface area is 116 Å². The van der Waals surface area contributed by atoms with Crippen molar-refractivity contribution in [3.05, 3.63) is 26.9 Å². The number of aliphatic hydroxyl groups is 1. The van der Waals surface area contributed by atoms with Gasteiger partial charge in [0.05, 0.1) is 6.61 Å². The molecule has 0 bridgehead atoms. The molecule has 21 heavy (non-hydrogen) atoms. The maximum Gasteiger partial charge on any atom is 0.472 e. The van der Waals surface area contributed by atoms with Crippen LogP contribution in [0.15, 0.2) is 15.7 Å². The molecule has 1 unspecified atom stereocenters. The van der Waals surface area contributed by atoms with Crippen LogP contribution in [0.5, 0.6) is 0 Å². The number of phosphoric acid groups is 1. The van der Waals surface area contributed by atoms with Crippen molar-refractivity contribution in [2.24, 2.45) is 0 Å². The van der Waals surface area contributed by atoms with Gasteiger partial charge in [-0.1, -0.05) is 0 Å². The van der Waals surface area contributed by atoms with Crippen molar-refractivity contribution in [2.75, 3.05) is 12.3 Å². The van der Waals surface area contributed by atoms with Crippen LogP contribution in [-0.2, 0) is 18.3 Å². The number of anilines is 1. The molecule has 116 valence electrons. The quantitative estimate of drug-likeness (QED) is 0.423. The Bertz CT molecular complexity index is 728. The third-order valence-corrected chi connectivity index (χ3v) is 4.21. The molecular weight excluding hydrogens is 309 g/mol. The van der Waals surface area contributed by atoms with Crippen LogP contribution in [0.2, 0.25) is 0 Å². The summed E-state index contributed by atoms with van der Waals surface area (Å²) in [5, 5.41) is 10.1. The molecule has 3 rings (SSSR count). The molecule has 0 spiro atoms. The number of rotatable bonds is 1. The van der Waals surface area contributed by atoms with Crippen LogP contribution in [0.3, 0.4) is 0 Å².